The molecule has 0 aliphatic rings. The van der Waals surface area contributed by atoms with E-state index in [0.717, 1.165) is 28.5 Å². The van der Waals surface area contributed by atoms with Crippen LogP contribution in [0.3, 0.4) is 0 Å². The van der Waals surface area contributed by atoms with E-state index < -0.39 is 0 Å². The predicted octanol–water partition coefficient (Wildman–Crippen LogP) is 4.87. The lowest BCUT2D eigenvalue weighted by molar-refractivity contribution is 0.477. The minimum atomic E-state index is -0.0125. The van der Waals surface area contributed by atoms with Gasteiger partial charge in [-0.1, -0.05) is 42.8 Å². The molecule has 0 amide bonds. The summed E-state index contributed by atoms with van der Waals surface area (Å²) in [5.41, 5.74) is 9.18. The number of phenols is 1. The van der Waals surface area contributed by atoms with Crippen LogP contribution >= 0.6 is 11.6 Å². The van der Waals surface area contributed by atoms with Crippen molar-refractivity contribution in [2.24, 2.45) is 5.73 Å². The SMILES string of the molecule is CCC(N)CNc1nc(-c2cc(Cl)ccc2O)ncc1-c1cccc2cccnc12. The third-order valence-corrected chi connectivity index (χ3v) is 5.20. The molecule has 152 valence electrons. The molecule has 2 aromatic heterocycles. The highest BCUT2D eigenvalue weighted by atomic mass is 35.5. The second-order valence-corrected chi connectivity index (χ2v) is 7.48. The molecule has 0 radical (unpaired) electrons. The first kappa shape index (κ1) is 20.1. The van der Waals surface area contributed by atoms with Crippen molar-refractivity contribution >= 4 is 28.3 Å². The monoisotopic (exact) mass is 419 g/mol. The molecule has 0 saturated heterocycles. The van der Waals surface area contributed by atoms with E-state index in [0.29, 0.717) is 28.8 Å². The summed E-state index contributed by atoms with van der Waals surface area (Å²) in [6.45, 7) is 2.59. The van der Waals surface area contributed by atoms with Crippen molar-refractivity contribution in [1.29, 1.82) is 0 Å². The maximum Gasteiger partial charge on any atom is 0.165 e. The standard InChI is InChI=1S/C23H22ClN5O/c1-2-16(25)12-27-23-19(17-7-3-5-14-6-4-10-26-21(14)17)13-28-22(29-23)18-11-15(24)8-9-20(18)30/h3-11,13,16,30H,2,12,25H2,1H3,(H,27,28,29). The number of nitrogens with zero attached hydrogens (tertiary/aromatic N) is 3. The first-order chi connectivity index (χ1) is 14.6. The maximum atomic E-state index is 10.3. The van der Waals surface area contributed by atoms with Gasteiger partial charge >= 0.3 is 0 Å². The molecule has 2 heterocycles. The van der Waals surface area contributed by atoms with Crippen LogP contribution in [0, 0.1) is 0 Å². The molecule has 0 fully saturated rings. The van der Waals surface area contributed by atoms with Crippen LogP contribution in [-0.2, 0) is 0 Å². The molecular weight excluding hydrogens is 398 g/mol. The Kier molecular flexibility index (Phi) is 5.79. The molecule has 0 aliphatic heterocycles. The van der Waals surface area contributed by atoms with Crippen LogP contribution in [0.4, 0.5) is 5.82 Å². The van der Waals surface area contributed by atoms with Gasteiger partial charge in [0.15, 0.2) is 5.82 Å². The van der Waals surface area contributed by atoms with E-state index in [4.69, 9.17) is 22.3 Å². The number of hydrogen-bond donors (Lipinski definition) is 3. The number of aromatic nitrogens is 3. The molecule has 0 bridgehead atoms. The lowest BCUT2D eigenvalue weighted by Gasteiger charge is -2.16. The average Bonchev–Trinajstić information content (AvgIpc) is 2.78. The van der Waals surface area contributed by atoms with Crippen LogP contribution in [0.25, 0.3) is 33.4 Å². The first-order valence-electron chi connectivity index (χ1n) is 9.76. The van der Waals surface area contributed by atoms with Crippen LogP contribution in [0.5, 0.6) is 5.75 Å². The number of benzene rings is 2. The third-order valence-electron chi connectivity index (χ3n) is 4.97. The summed E-state index contributed by atoms with van der Waals surface area (Å²) in [7, 11) is 0. The number of pyridine rings is 1. The molecule has 4 N–H and O–H groups in total. The Morgan fingerprint density at radius 1 is 1.07 bits per heavy atom. The summed E-state index contributed by atoms with van der Waals surface area (Å²) in [6, 6.07) is 14.7. The van der Waals surface area contributed by atoms with Gasteiger partial charge in [0.1, 0.15) is 11.6 Å². The Labute approximate surface area is 179 Å². The van der Waals surface area contributed by atoms with Crippen LogP contribution in [0.2, 0.25) is 5.02 Å². The molecule has 7 heteroatoms. The van der Waals surface area contributed by atoms with Gasteiger partial charge in [-0.3, -0.25) is 4.98 Å². The minimum Gasteiger partial charge on any atom is -0.507 e. The van der Waals surface area contributed by atoms with E-state index in [1.165, 1.54) is 6.07 Å². The van der Waals surface area contributed by atoms with Gasteiger partial charge in [-0.25, -0.2) is 9.97 Å². The van der Waals surface area contributed by atoms with Gasteiger partial charge in [0.25, 0.3) is 0 Å². The molecule has 1 unspecified atom stereocenters. The Morgan fingerprint density at radius 3 is 2.73 bits per heavy atom. The number of fused-ring (bicyclic) bond motifs is 1. The van der Waals surface area contributed by atoms with Gasteiger partial charge in [-0.2, -0.15) is 0 Å². The van der Waals surface area contributed by atoms with E-state index >= 15 is 0 Å². The fourth-order valence-corrected chi connectivity index (χ4v) is 3.40. The molecule has 0 aliphatic carbocycles. The summed E-state index contributed by atoms with van der Waals surface area (Å²) in [6.07, 6.45) is 4.35. The lowest BCUT2D eigenvalue weighted by atomic mass is 10.0. The Balaban J connectivity index is 1.86. The van der Waals surface area contributed by atoms with Crippen molar-refractivity contribution in [3.05, 3.63) is 65.9 Å². The maximum absolute atomic E-state index is 10.3. The van der Waals surface area contributed by atoms with Crippen LogP contribution in [0.1, 0.15) is 13.3 Å². The topological polar surface area (TPSA) is 97.0 Å². The zero-order valence-electron chi connectivity index (χ0n) is 16.5. The van der Waals surface area contributed by atoms with Gasteiger partial charge in [-0.05, 0) is 30.7 Å². The molecule has 6 nitrogen and oxygen atoms in total. The largest absolute Gasteiger partial charge is 0.507 e. The number of aromatic hydroxyl groups is 1. The summed E-state index contributed by atoms with van der Waals surface area (Å²) in [5.74, 6) is 1.07. The molecule has 4 rings (SSSR count). The quantitative estimate of drug-likeness (QED) is 0.412. The summed E-state index contributed by atoms with van der Waals surface area (Å²) in [4.78, 5) is 13.8. The smallest absolute Gasteiger partial charge is 0.165 e. The highest BCUT2D eigenvalue weighted by Crippen LogP contribution is 2.35. The van der Waals surface area contributed by atoms with Gasteiger partial charge < -0.3 is 16.2 Å². The van der Waals surface area contributed by atoms with Crippen molar-refractivity contribution in [1.82, 2.24) is 15.0 Å². The molecule has 4 aromatic rings. The van der Waals surface area contributed by atoms with Gasteiger partial charge in [0.2, 0.25) is 0 Å². The van der Waals surface area contributed by atoms with Crippen molar-refractivity contribution in [2.75, 3.05) is 11.9 Å². The minimum absolute atomic E-state index is 0.0125. The molecule has 0 spiro atoms. The highest BCUT2D eigenvalue weighted by Gasteiger charge is 2.16. The van der Waals surface area contributed by atoms with Crippen molar-refractivity contribution < 1.29 is 5.11 Å². The van der Waals surface area contributed by atoms with Crippen LogP contribution in [-0.4, -0.2) is 32.6 Å². The highest BCUT2D eigenvalue weighted by molar-refractivity contribution is 6.30. The number of nitrogens with one attached hydrogen (secondary N) is 1. The van der Waals surface area contributed by atoms with E-state index in [1.54, 1.807) is 24.5 Å². The van der Waals surface area contributed by atoms with Gasteiger partial charge in [-0.15, -0.1) is 0 Å². The van der Waals surface area contributed by atoms with Crippen molar-refractivity contribution in [3.63, 3.8) is 0 Å². The molecular formula is C23H22ClN5O. The van der Waals surface area contributed by atoms with Gasteiger partial charge in [0, 0.05) is 46.5 Å². The number of anilines is 1. The number of para-hydroxylation sites is 1. The van der Waals surface area contributed by atoms with Gasteiger partial charge in [0.05, 0.1) is 11.1 Å². The summed E-state index contributed by atoms with van der Waals surface area (Å²) < 4.78 is 0. The molecule has 1 atom stereocenters. The fourth-order valence-electron chi connectivity index (χ4n) is 3.22. The average molecular weight is 420 g/mol. The lowest BCUT2D eigenvalue weighted by Crippen LogP contribution is -2.28. The van der Waals surface area contributed by atoms with E-state index in [1.807, 2.05) is 37.3 Å². The third kappa shape index (κ3) is 4.06. The van der Waals surface area contributed by atoms with Crippen molar-refractivity contribution in [3.8, 4) is 28.3 Å². The number of phenolic OH excluding ortho intramolecular Hbond substituents is 1. The number of rotatable bonds is 6. The Hall–Kier alpha value is -3.22. The fraction of sp³-hybridized carbons (Fsp3) is 0.174. The molecule has 0 saturated carbocycles. The first-order valence-corrected chi connectivity index (χ1v) is 10.1. The zero-order valence-corrected chi connectivity index (χ0v) is 17.3. The molecule has 30 heavy (non-hydrogen) atoms. The van der Waals surface area contributed by atoms with E-state index in [2.05, 4.69) is 15.3 Å². The zero-order chi connectivity index (χ0) is 21.1. The van der Waals surface area contributed by atoms with Crippen molar-refractivity contribution in [2.45, 2.75) is 19.4 Å². The number of hydrogen-bond acceptors (Lipinski definition) is 6. The van der Waals surface area contributed by atoms with Crippen LogP contribution in [0.15, 0.2) is 60.9 Å². The summed E-state index contributed by atoms with van der Waals surface area (Å²) in [5, 5.41) is 15.2. The number of nitrogens with two attached hydrogens (primary N) is 1. The second kappa shape index (κ2) is 8.65. The predicted molar refractivity (Wildman–Crippen MR) is 122 cm³/mol. The Morgan fingerprint density at radius 2 is 1.90 bits per heavy atom. The summed E-state index contributed by atoms with van der Waals surface area (Å²) >= 11 is 6.11. The Bertz CT molecular complexity index is 1190. The normalized spacial score (nSPS) is 12.1. The van der Waals surface area contributed by atoms with Crippen LogP contribution < -0.4 is 11.1 Å². The van der Waals surface area contributed by atoms with E-state index in [9.17, 15) is 5.11 Å². The molecule has 2 aromatic carbocycles. The second-order valence-electron chi connectivity index (χ2n) is 7.05. The number of halogens is 1. The van der Waals surface area contributed by atoms with E-state index in [-0.39, 0.29) is 11.8 Å².